The van der Waals surface area contributed by atoms with Gasteiger partial charge in [-0.1, -0.05) is 13.8 Å². The fraction of sp³-hybridized carbons (Fsp3) is 0.667. The molecule has 0 aromatic heterocycles. The summed E-state index contributed by atoms with van der Waals surface area (Å²) < 4.78 is 68.3. The molecule has 2 unspecified atom stereocenters. The number of hydrogen-bond acceptors (Lipinski definition) is 5. The Morgan fingerprint density at radius 2 is 1.61 bits per heavy atom. The zero-order valence-electron chi connectivity index (χ0n) is 17.9. The summed E-state index contributed by atoms with van der Waals surface area (Å²) in [6, 6.07) is 4.62. The highest BCUT2D eigenvalue weighted by Crippen LogP contribution is 2.64. The van der Waals surface area contributed by atoms with Gasteiger partial charge in [-0.3, -0.25) is 4.79 Å². The second-order valence-corrected chi connectivity index (χ2v) is 13.4. The van der Waals surface area contributed by atoms with Crippen LogP contribution in [0.15, 0.2) is 29.2 Å². The zero-order valence-corrected chi connectivity index (χ0v) is 19.5. The van der Waals surface area contributed by atoms with Gasteiger partial charge in [0.05, 0.1) is 10.6 Å². The van der Waals surface area contributed by atoms with E-state index in [1.54, 1.807) is 0 Å². The Hall–Kier alpha value is -1.36. The molecule has 1 aromatic carbocycles. The van der Waals surface area contributed by atoms with Crippen molar-refractivity contribution in [2.45, 2.75) is 44.4 Å². The third kappa shape index (κ3) is 3.65. The minimum absolute atomic E-state index is 0.0144. The van der Waals surface area contributed by atoms with Crippen molar-refractivity contribution in [3.8, 4) is 0 Å². The molecular weight excluding hydrogens is 443 g/mol. The number of Topliss-reactive ketones (excluding diaryl/α,β-unsaturated/α-hetero) is 1. The molecule has 1 saturated heterocycles. The summed E-state index contributed by atoms with van der Waals surface area (Å²) in [4.78, 5) is 12.8. The van der Waals surface area contributed by atoms with E-state index in [9.17, 15) is 26.0 Å². The standard InChI is InChI=1S/C21H29FN2O5S2/c1-20(2)16-8-9-21(20,19(25)14-16)15-30(26,27)23-10-3-11-24(13-12-23)31(28,29)18-6-4-17(22)5-7-18/h4-7,16H,3,8-15H2,1-2H3. The summed E-state index contributed by atoms with van der Waals surface area (Å²) >= 11 is 0. The molecule has 2 saturated carbocycles. The number of hydrogen-bond donors (Lipinski definition) is 0. The lowest BCUT2D eigenvalue weighted by Crippen LogP contribution is -2.47. The number of benzene rings is 1. The Morgan fingerprint density at radius 1 is 1.00 bits per heavy atom. The summed E-state index contributed by atoms with van der Waals surface area (Å²) in [5.74, 6) is -0.444. The summed E-state index contributed by atoms with van der Waals surface area (Å²) in [5.41, 5.74) is -1.19. The molecule has 4 rings (SSSR count). The zero-order chi connectivity index (χ0) is 22.7. The molecule has 7 nitrogen and oxygen atoms in total. The molecule has 2 bridgehead atoms. The number of fused-ring (bicyclic) bond motifs is 2. The first kappa shape index (κ1) is 22.8. The third-order valence-corrected chi connectivity index (χ3v) is 11.7. The van der Waals surface area contributed by atoms with Gasteiger partial charge < -0.3 is 0 Å². The average molecular weight is 473 g/mol. The number of halogens is 1. The predicted molar refractivity (Wildman–Crippen MR) is 114 cm³/mol. The van der Waals surface area contributed by atoms with Crippen molar-refractivity contribution < 1.29 is 26.0 Å². The lowest BCUT2D eigenvalue weighted by atomic mass is 9.70. The van der Waals surface area contributed by atoms with Crippen LogP contribution in [0.25, 0.3) is 0 Å². The number of ketones is 1. The fourth-order valence-electron chi connectivity index (χ4n) is 5.66. The van der Waals surface area contributed by atoms with E-state index in [4.69, 9.17) is 0 Å². The van der Waals surface area contributed by atoms with Gasteiger partial charge in [0.15, 0.2) is 0 Å². The molecule has 172 valence electrons. The number of carbonyl (C=O) groups excluding carboxylic acids is 1. The molecule has 0 spiro atoms. The van der Waals surface area contributed by atoms with Crippen LogP contribution in [-0.4, -0.2) is 63.2 Å². The number of sulfonamides is 2. The molecule has 10 heteroatoms. The van der Waals surface area contributed by atoms with Crippen LogP contribution in [-0.2, 0) is 24.8 Å². The first-order chi connectivity index (χ1) is 14.4. The molecule has 0 N–H and O–H groups in total. The predicted octanol–water partition coefficient (Wildman–Crippen LogP) is 2.25. The van der Waals surface area contributed by atoms with Crippen LogP contribution >= 0.6 is 0 Å². The summed E-state index contributed by atoms with van der Waals surface area (Å²) in [5, 5.41) is 0. The molecule has 3 fully saturated rings. The molecule has 2 aliphatic carbocycles. The molecule has 1 aliphatic heterocycles. The van der Waals surface area contributed by atoms with Gasteiger partial charge in [0, 0.05) is 38.0 Å². The minimum atomic E-state index is -3.84. The molecule has 0 radical (unpaired) electrons. The van der Waals surface area contributed by atoms with Crippen molar-refractivity contribution in [3.05, 3.63) is 30.1 Å². The van der Waals surface area contributed by atoms with E-state index in [1.807, 2.05) is 13.8 Å². The van der Waals surface area contributed by atoms with Gasteiger partial charge in [-0.25, -0.2) is 25.5 Å². The van der Waals surface area contributed by atoms with E-state index >= 15 is 0 Å². The number of nitrogens with zero attached hydrogens (tertiary/aromatic N) is 2. The molecule has 1 aromatic rings. The second kappa shape index (κ2) is 7.60. The Morgan fingerprint density at radius 3 is 2.19 bits per heavy atom. The summed E-state index contributed by atoms with van der Waals surface area (Å²) in [6.45, 7) is 4.47. The van der Waals surface area contributed by atoms with Gasteiger partial charge in [-0.05, 0) is 54.9 Å². The molecule has 3 aliphatic rings. The van der Waals surface area contributed by atoms with Crippen LogP contribution in [0.1, 0.15) is 39.5 Å². The van der Waals surface area contributed by atoms with Crippen LogP contribution < -0.4 is 0 Å². The van der Waals surface area contributed by atoms with E-state index in [2.05, 4.69) is 0 Å². The first-order valence-corrected chi connectivity index (χ1v) is 13.7. The first-order valence-electron chi connectivity index (χ1n) is 10.7. The SMILES string of the molecule is CC1(C)C2CCC1(CS(=O)(=O)N1CCCN(S(=O)(=O)c3ccc(F)cc3)CC1)C(=O)C2. The van der Waals surface area contributed by atoms with Crippen LogP contribution in [0, 0.1) is 22.6 Å². The average Bonchev–Trinajstić information content (AvgIpc) is 2.93. The topological polar surface area (TPSA) is 91.8 Å². The molecule has 1 heterocycles. The molecule has 2 atom stereocenters. The van der Waals surface area contributed by atoms with Gasteiger partial charge in [-0.2, -0.15) is 4.31 Å². The molecule has 31 heavy (non-hydrogen) atoms. The van der Waals surface area contributed by atoms with Crippen LogP contribution in [0.4, 0.5) is 4.39 Å². The van der Waals surface area contributed by atoms with E-state index in [1.165, 1.54) is 20.7 Å². The van der Waals surface area contributed by atoms with Gasteiger partial charge in [0.1, 0.15) is 11.6 Å². The maximum atomic E-state index is 13.3. The smallest absolute Gasteiger partial charge is 0.243 e. The number of rotatable bonds is 5. The Labute approximate surface area is 183 Å². The number of carbonyl (C=O) groups is 1. The van der Waals surface area contributed by atoms with Crippen LogP contribution in [0.5, 0.6) is 0 Å². The van der Waals surface area contributed by atoms with E-state index < -0.39 is 31.3 Å². The van der Waals surface area contributed by atoms with E-state index in [0.717, 1.165) is 18.6 Å². The van der Waals surface area contributed by atoms with Crippen molar-refractivity contribution in [2.24, 2.45) is 16.7 Å². The van der Waals surface area contributed by atoms with Crippen molar-refractivity contribution in [3.63, 3.8) is 0 Å². The normalized spacial score (nSPS) is 29.9. The van der Waals surface area contributed by atoms with Crippen molar-refractivity contribution in [1.29, 1.82) is 0 Å². The monoisotopic (exact) mass is 472 g/mol. The van der Waals surface area contributed by atoms with E-state index in [-0.39, 0.29) is 53.9 Å². The third-order valence-electron chi connectivity index (χ3n) is 7.83. The molecule has 0 amide bonds. The highest BCUT2D eigenvalue weighted by atomic mass is 32.2. The quantitative estimate of drug-likeness (QED) is 0.656. The maximum absolute atomic E-state index is 13.3. The van der Waals surface area contributed by atoms with Gasteiger partial charge in [0.2, 0.25) is 20.0 Å². The molecular formula is C21H29FN2O5S2. The van der Waals surface area contributed by atoms with Crippen molar-refractivity contribution in [2.75, 3.05) is 31.9 Å². The lowest BCUT2D eigenvalue weighted by Gasteiger charge is -2.37. The summed E-state index contributed by atoms with van der Waals surface area (Å²) in [6.07, 6.45) is 2.28. The summed E-state index contributed by atoms with van der Waals surface area (Å²) in [7, 11) is -7.58. The largest absolute Gasteiger partial charge is 0.299 e. The van der Waals surface area contributed by atoms with E-state index in [0.29, 0.717) is 19.3 Å². The fourth-order valence-corrected chi connectivity index (χ4v) is 9.37. The van der Waals surface area contributed by atoms with Crippen molar-refractivity contribution in [1.82, 2.24) is 8.61 Å². The minimum Gasteiger partial charge on any atom is -0.299 e. The second-order valence-electron chi connectivity index (χ2n) is 9.53. The Kier molecular flexibility index (Phi) is 5.60. The van der Waals surface area contributed by atoms with Crippen LogP contribution in [0.3, 0.4) is 0 Å². The Bertz CT molecular complexity index is 1090. The Balaban J connectivity index is 1.51. The van der Waals surface area contributed by atoms with Gasteiger partial charge in [-0.15, -0.1) is 0 Å². The maximum Gasteiger partial charge on any atom is 0.243 e. The van der Waals surface area contributed by atoms with Gasteiger partial charge >= 0.3 is 0 Å². The highest BCUT2D eigenvalue weighted by Gasteiger charge is 2.65. The van der Waals surface area contributed by atoms with Gasteiger partial charge in [0.25, 0.3) is 0 Å². The lowest BCUT2D eigenvalue weighted by molar-refractivity contribution is -0.128. The van der Waals surface area contributed by atoms with Crippen molar-refractivity contribution >= 4 is 25.8 Å². The highest BCUT2D eigenvalue weighted by molar-refractivity contribution is 7.89. The van der Waals surface area contributed by atoms with Crippen LogP contribution in [0.2, 0.25) is 0 Å².